The first-order chi connectivity index (χ1) is 11.4. The Bertz CT molecular complexity index is 889. The summed E-state index contributed by atoms with van der Waals surface area (Å²) < 4.78 is 1.80. The molecule has 1 amide bonds. The highest BCUT2D eigenvalue weighted by Crippen LogP contribution is 2.18. The van der Waals surface area contributed by atoms with Gasteiger partial charge in [-0.05, 0) is 68.7 Å². The number of aromatic nitrogens is 2. The van der Waals surface area contributed by atoms with Gasteiger partial charge in [-0.2, -0.15) is 5.10 Å². The van der Waals surface area contributed by atoms with Crippen LogP contribution < -0.4 is 5.32 Å². The molecule has 0 radical (unpaired) electrons. The number of amides is 1. The Morgan fingerprint density at radius 1 is 0.958 bits per heavy atom. The van der Waals surface area contributed by atoms with Gasteiger partial charge in [-0.25, -0.2) is 4.68 Å². The number of anilines is 1. The third-order valence-electron chi connectivity index (χ3n) is 3.98. The first-order valence-electron chi connectivity index (χ1n) is 7.95. The van der Waals surface area contributed by atoms with E-state index >= 15 is 0 Å². The van der Waals surface area contributed by atoms with Crippen LogP contribution in [0.3, 0.4) is 0 Å². The highest BCUT2D eigenvalue weighted by Gasteiger charge is 2.15. The van der Waals surface area contributed by atoms with Gasteiger partial charge in [-0.1, -0.05) is 18.2 Å². The maximum absolute atomic E-state index is 12.6. The molecular formula is C20H21N3O. The number of nitrogens with one attached hydrogen (secondary N) is 1. The molecule has 4 heteroatoms. The lowest BCUT2D eigenvalue weighted by Gasteiger charge is -2.08. The SMILES string of the molecule is Cc1cc(C)cc(NC(=O)c2cnn(-c3cccc(C)c3)c2C)c1. The van der Waals surface area contributed by atoms with Crippen LogP contribution in [0.5, 0.6) is 0 Å². The molecule has 4 nitrogen and oxygen atoms in total. The molecule has 0 saturated heterocycles. The molecule has 0 spiro atoms. The van der Waals surface area contributed by atoms with E-state index in [0.717, 1.165) is 33.8 Å². The highest BCUT2D eigenvalue weighted by molar-refractivity contribution is 6.05. The minimum Gasteiger partial charge on any atom is -0.322 e. The number of rotatable bonds is 3. The normalized spacial score (nSPS) is 10.7. The van der Waals surface area contributed by atoms with Crippen molar-refractivity contribution in [3.05, 3.63) is 76.6 Å². The van der Waals surface area contributed by atoms with Crippen molar-refractivity contribution in [1.82, 2.24) is 9.78 Å². The van der Waals surface area contributed by atoms with Gasteiger partial charge in [-0.15, -0.1) is 0 Å². The first-order valence-corrected chi connectivity index (χ1v) is 7.95. The number of carbonyl (C=O) groups is 1. The summed E-state index contributed by atoms with van der Waals surface area (Å²) in [5.41, 5.74) is 6.56. The van der Waals surface area contributed by atoms with E-state index in [0.29, 0.717) is 5.56 Å². The van der Waals surface area contributed by atoms with Crippen LogP contribution >= 0.6 is 0 Å². The predicted molar refractivity (Wildman–Crippen MR) is 96.9 cm³/mol. The highest BCUT2D eigenvalue weighted by atomic mass is 16.1. The molecule has 0 aliphatic heterocycles. The molecule has 0 aliphatic rings. The van der Waals surface area contributed by atoms with Crippen molar-refractivity contribution < 1.29 is 4.79 Å². The minimum absolute atomic E-state index is 0.142. The van der Waals surface area contributed by atoms with Crippen LogP contribution in [0.2, 0.25) is 0 Å². The van der Waals surface area contributed by atoms with E-state index < -0.39 is 0 Å². The topological polar surface area (TPSA) is 46.9 Å². The van der Waals surface area contributed by atoms with Crippen molar-refractivity contribution >= 4 is 11.6 Å². The van der Waals surface area contributed by atoms with Crippen molar-refractivity contribution in [1.29, 1.82) is 0 Å². The quantitative estimate of drug-likeness (QED) is 0.780. The van der Waals surface area contributed by atoms with Crippen LogP contribution in [-0.2, 0) is 0 Å². The second-order valence-corrected chi connectivity index (χ2v) is 6.22. The van der Waals surface area contributed by atoms with Crippen LogP contribution in [0, 0.1) is 27.7 Å². The number of carbonyl (C=O) groups excluding carboxylic acids is 1. The van der Waals surface area contributed by atoms with Crippen LogP contribution in [-0.4, -0.2) is 15.7 Å². The molecule has 0 atom stereocenters. The Morgan fingerprint density at radius 3 is 2.33 bits per heavy atom. The zero-order chi connectivity index (χ0) is 17.3. The van der Waals surface area contributed by atoms with E-state index in [1.807, 2.05) is 64.1 Å². The molecule has 1 heterocycles. The third-order valence-corrected chi connectivity index (χ3v) is 3.98. The fourth-order valence-electron chi connectivity index (χ4n) is 2.90. The molecule has 0 unspecified atom stereocenters. The molecule has 1 aromatic heterocycles. The van der Waals surface area contributed by atoms with Gasteiger partial charge in [-0.3, -0.25) is 4.79 Å². The summed E-state index contributed by atoms with van der Waals surface area (Å²) in [6, 6.07) is 14.1. The monoisotopic (exact) mass is 319 g/mol. The smallest absolute Gasteiger partial charge is 0.259 e. The van der Waals surface area contributed by atoms with E-state index in [1.165, 1.54) is 0 Å². The lowest BCUT2D eigenvalue weighted by atomic mass is 10.1. The van der Waals surface area contributed by atoms with Crippen LogP contribution in [0.25, 0.3) is 5.69 Å². The number of benzene rings is 2. The summed E-state index contributed by atoms with van der Waals surface area (Å²) in [6.45, 7) is 7.98. The molecule has 2 aromatic carbocycles. The maximum atomic E-state index is 12.6. The van der Waals surface area contributed by atoms with Crippen molar-refractivity contribution in [3.63, 3.8) is 0 Å². The Morgan fingerprint density at radius 2 is 1.67 bits per heavy atom. The van der Waals surface area contributed by atoms with Gasteiger partial charge in [0.05, 0.1) is 23.1 Å². The van der Waals surface area contributed by atoms with Gasteiger partial charge < -0.3 is 5.32 Å². The number of nitrogens with zero attached hydrogens (tertiary/aromatic N) is 2. The summed E-state index contributed by atoms with van der Waals surface area (Å²) in [7, 11) is 0. The maximum Gasteiger partial charge on any atom is 0.259 e. The van der Waals surface area contributed by atoms with Crippen LogP contribution in [0.15, 0.2) is 48.7 Å². The molecule has 0 bridgehead atoms. The molecular weight excluding hydrogens is 298 g/mol. The Labute approximate surface area is 142 Å². The van der Waals surface area contributed by atoms with Crippen LogP contribution in [0.1, 0.15) is 32.7 Å². The average Bonchev–Trinajstić information content (AvgIpc) is 2.88. The Kier molecular flexibility index (Phi) is 4.21. The van der Waals surface area contributed by atoms with Gasteiger partial charge in [0.2, 0.25) is 0 Å². The summed E-state index contributed by atoms with van der Waals surface area (Å²) in [6.07, 6.45) is 1.62. The van der Waals surface area contributed by atoms with Crippen molar-refractivity contribution in [2.75, 3.05) is 5.32 Å². The zero-order valence-corrected chi connectivity index (χ0v) is 14.4. The van der Waals surface area contributed by atoms with Crippen molar-refractivity contribution in [2.45, 2.75) is 27.7 Å². The average molecular weight is 319 g/mol. The van der Waals surface area contributed by atoms with E-state index in [9.17, 15) is 4.79 Å². The summed E-state index contributed by atoms with van der Waals surface area (Å²) in [5.74, 6) is -0.142. The standard InChI is InChI=1S/C20H21N3O/c1-13-6-5-7-18(11-13)23-16(4)19(12-21-23)20(24)22-17-9-14(2)8-15(3)10-17/h5-12H,1-4H3,(H,22,24). The molecule has 0 fully saturated rings. The minimum atomic E-state index is -0.142. The lowest BCUT2D eigenvalue weighted by molar-refractivity contribution is 0.102. The molecule has 1 N–H and O–H groups in total. The zero-order valence-electron chi connectivity index (χ0n) is 14.4. The third kappa shape index (κ3) is 3.23. The first kappa shape index (κ1) is 16.0. The predicted octanol–water partition coefficient (Wildman–Crippen LogP) is 4.36. The van der Waals surface area contributed by atoms with Crippen LogP contribution in [0.4, 0.5) is 5.69 Å². The van der Waals surface area contributed by atoms with Gasteiger partial charge in [0.25, 0.3) is 5.91 Å². The molecule has 3 rings (SSSR count). The molecule has 122 valence electrons. The Hall–Kier alpha value is -2.88. The second-order valence-electron chi connectivity index (χ2n) is 6.22. The number of hydrogen-bond acceptors (Lipinski definition) is 2. The summed E-state index contributed by atoms with van der Waals surface area (Å²) in [4.78, 5) is 12.6. The lowest BCUT2D eigenvalue weighted by Crippen LogP contribution is -2.13. The number of aryl methyl sites for hydroxylation is 3. The van der Waals surface area contributed by atoms with E-state index in [4.69, 9.17) is 0 Å². The molecule has 3 aromatic rings. The molecule has 0 aliphatic carbocycles. The largest absolute Gasteiger partial charge is 0.322 e. The van der Waals surface area contributed by atoms with E-state index in [2.05, 4.69) is 16.5 Å². The Balaban J connectivity index is 1.89. The van der Waals surface area contributed by atoms with Gasteiger partial charge in [0, 0.05) is 5.69 Å². The number of hydrogen-bond donors (Lipinski definition) is 1. The summed E-state index contributed by atoms with van der Waals surface area (Å²) >= 11 is 0. The molecule has 0 saturated carbocycles. The van der Waals surface area contributed by atoms with E-state index in [1.54, 1.807) is 10.9 Å². The fraction of sp³-hybridized carbons (Fsp3) is 0.200. The second kappa shape index (κ2) is 6.32. The van der Waals surface area contributed by atoms with Gasteiger partial charge in [0.1, 0.15) is 0 Å². The fourth-order valence-corrected chi connectivity index (χ4v) is 2.90. The van der Waals surface area contributed by atoms with E-state index in [-0.39, 0.29) is 5.91 Å². The van der Waals surface area contributed by atoms with Gasteiger partial charge in [0.15, 0.2) is 0 Å². The summed E-state index contributed by atoms with van der Waals surface area (Å²) in [5, 5.41) is 7.35. The van der Waals surface area contributed by atoms with Crippen molar-refractivity contribution in [3.8, 4) is 5.69 Å². The van der Waals surface area contributed by atoms with Gasteiger partial charge >= 0.3 is 0 Å². The van der Waals surface area contributed by atoms with Crippen molar-refractivity contribution in [2.24, 2.45) is 0 Å². The molecule has 24 heavy (non-hydrogen) atoms.